The van der Waals surface area contributed by atoms with Gasteiger partial charge >= 0.3 is 12.4 Å². The molecule has 0 spiro atoms. The maximum atomic E-state index is 13.7. The lowest BCUT2D eigenvalue weighted by molar-refractivity contribution is -0.143. The Labute approximate surface area is 225 Å². The van der Waals surface area contributed by atoms with Crippen LogP contribution in [0.3, 0.4) is 0 Å². The van der Waals surface area contributed by atoms with Crippen molar-refractivity contribution in [3.63, 3.8) is 0 Å². The fourth-order valence-corrected chi connectivity index (χ4v) is 4.56. The van der Waals surface area contributed by atoms with Gasteiger partial charge in [-0.2, -0.15) is 26.3 Å². The standard InChI is InChI=1S/C29H25F6N3O2/c1-4-17-10-12-21(13-11-17)38-25(36-23-9-7-6-8-22(23)27(38)40)24(5-2)37(3)26(39)18-14-19(28(30,31)32)16-20(15-18)29(33,34)35/h6-16,24H,4-5H2,1-3H3. The molecule has 40 heavy (non-hydrogen) atoms. The van der Waals surface area contributed by atoms with Gasteiger partial charge in [0.05, 0.1) is 33.8 Å². The van der Waals surface area contributed by atoms with Crippen LogP contribution in [0.15, 0.2) is 71.5 Å². The van der Waals surface area contributed by atoms with Gasteiger partial charge in [0, 0.05) is 12.6 Å². The summed E-state index contributed by atoms with van der Waals surface area (Å²) in [4.78, 5) is 32.8. The Morgan fingerprint density at radius 2 is 1.48 bits per heavy atom. The molecule has 0 aliphatic carbocycles. The minimum Gasteiger partial charge on any atom is -0.332 e. The summed E-state index contributed by atoms with van der Waals surface area (Å²) in [5.41, 5.74) is -2.60. The van der Waals surface area contributed by atoms with Gasteiger partial charge in [0.2, 0.25) is 0 Å². The average molecular weight is 562 g/mol. The van der Waals surface area contributed by atoms with Crippen LogP contribution in [-0.4, -0.2) is 27.4 Å². The second-order valence-corrected chi connectivity index (χ2v) is 9.28. The summed E-state index contributed by atoms with van der Waals surface area (Å²) < 4.78 is 82.0. The Hall–Kier alpha value is -4.15. The van der Waals surface area contributed by atoms with Crippen molar-refractivity contribution in [2.75, 3.05) is 7.05 Å². The van der Waals surface area contributed by atoms with E-state index in [1.165, 1.54) is 11.6 Å². The SMILES string of the molecule is CCc1ccc(-n2c(C(CC)N(C)C(=O)c3cc(C(F)(F)F)cc(C(F)(F)F)c3)nc3ccccc3c2=O)cc1. The Bertz CT molecular complexity index is 1580. The maximum Gasteiger partial charge on any atom is 0.416 e. The number of para-hydroxylation sites is 1. The first-order valence-electron chi connectivity index (χ1n) is 12.4. The molecule has 1 heterocycles. The molecule has 0 radical (unpaired) electrons. The smallest absolute Gasteiger partial charge is 0.332 e. The molecule has 1 unspecified atom stereocenters. The van der Waals surface area contributed by atoms with Crippen LogP contribution < -0.4 is 5.56 Å². The Morgan fingerprint density at radius 3 is 2.00 bits per heavy atom. The lowest BCUT2D eigenvalue weighted by Crippen LogP contribution is -2.36. The molecular formula is C29H25F6N3O2. The van der Waals surface area contributed by atoms with Crippen molar-refractivity contribution < 1.29 is 31.1 Å². The maximum absolute atomic E-state index is 13.7. The zero-order valence-corrected chi connectivity index (χ0v) is 21.8. The highest BCUT2D eigenvalue weighted by Crippen LogP contribution is 2.37. The van der Waals surface area contributed by atoms with Crippen molar-refractivity contribution in [3.8, 4) is 5.69 Å². The molecule has 0 fully saturated rings. The average Bonchev–Trinajstić information content (AvgIpc) is 2.92. The molecule has 0 bridgehead atoms. The van der Waals surface area contributed by atoms with Crippen LogP contribution in [-0.2, 0) is 18.8 Å². The van der Waals surface area contributed by atoms with E-state index in [1.807, 2.05) is 19.1 Å². The number of aryl methyl sites for hydroxylation is 1. The molecule has 0 saturated heterocycles. The first-order chi connectivity index (χ1) is 18.8. The van der Waals surface area contributed by atoms with E-state index in [0.717, 1.165) is 16.9 Å². The van der Waals surface area contributed by atoms with Crippen molar-refractivity contribution >= 4 is 16.8 Å². The molecular weight excluding hydrogens is 536 g/mol. The van der Waals surface area contributed by atoms with E-state index in [0.29, 0.717) is 28.7 Å². The molecule has 3 aromatic carbocycles. The third-order valence-corrected chi connectivity index (χ3v) is 6.71. The van der Waals surface area contributed by atoms with Gasteiger partial charge in [-0.15, -0.1) is 0 Å². The Morgan fingerprint density at radius 1 is 0.900 bits per heavy atom. The quantitative estimate of drug-likeness (QED) is 0.234. The van der Waals surface area contributed by atoms with Crippen molar-refractivity contribution in [2.45, 2.75) is 45.1 Å². The van der Waals surface area contributed by atoms with Gasteiger partial charge in [0.1, 0.15) is 5.82 Å². The summed E-state index contributed by atoms with van der Waals surface area (Å²) in [5, 5.41) is 0.308. The van der Waals surface area contributed by atoms with Crippen LogP contribution in [0.4, 0.5) is 26.3 Å². The number of hydrogen-bond donors (Lipinski definition) is 0. The molecule has 1 aromatic heterocycles. The predicted octanol–water partition coefficient (Wildman–Crippen LogP) is 7.21. The molecule has 1 amide bonds. The monoisotopic (exact) mass is 561 g/mol. The first-order valence-corrected chi connectivity index (χ1v) is 12.4. The zero-order chi connectivity index (χ0) is 29.4. The van der Waals surface area contributed by atoms with E-state index in [-0.39, 0.29) is 18.3 Å². The molecule has 1 atom stereocenters. The van der Waals surface area contributed by atoms with Crippen molar-refractivity contribution in [3.05, 3.63) is 105 Å². The molecule has 11 heteroatoms. The highest BCUT2D eigenvalue weighted by Gasteiger charge is 2.38. The summed E-state index contributed by atoms with van der Waals surface area (Å²) in [5.74, 6) is -0.965. The summed E-state index contributed by atoms with van der Waals surface area (Å²) in [6.07, 6.45) is -9.30. The molecule has 0 saturated carbocycles. The number of aromatic nitrogens is 2. The largest absolute Gasteiger partial charge is 0.416 e. The number of rotatable bonds is 6. The van der Waals surface area contributed by atoms with Crippen LogP contribution in [0.5, 0.6) is 0 Å². The highest BCUT2D eigenvalue weighted by atomic mass is 19.4. The molecule has 4 rings (SSSR count). The molecule has 4 aromatic rings. The summed E-state index contributed by atoms with van der Waals surface area (Å²) in [6, 6.07) is 13.4. The Kier molecular flexibility index (Phi) is 7.78. The van der Waals surface area contributed by atoms with Gasteiger partial charge in [-0.1, -0.05) is 38.1 Å². The minimum atomic E-state index is -5.11. The topological polar surface area (TPSA) is 55.2 Å². The lowest BCUT2D eigenvalue weighted by Gasteiger charge is -2.29. The van der Waals surface area contributed by atoms with E-state index in [2.05, 4.69) is 4.98 Å². The fourth-order valence-electron chi connectivity index (χ4n) is 4.56. The number of amides is 1. The molecule has 5 nitrogen and oxygen atoms in total. The van der Waals surface area contributed by atoms with Gasteiger partial charge in [-0.25, -0.2) is 4.98 Å². The third kappa shape index (κ3) is 5.59. The number of carbonyl (C=O) groups excluding carboxylic acids is 1. The van der Waals surface area contributed by atoms with E-state index >= 15 is 0 Å². The van der Waals surface area contributed by atoms with E-state index in [4.69, 9.17) is 0 Å². The number of alkyl halides is 6. The van der Waals surface area contributed by atoms with Crippen molar-refractivity contribution in [1.29, 1.82) is 0 Å². The second-order valence-electron chi connectivity index (χ2n) is 9.28. The van der Waals surface area contributed by atoms with Crippen molar-refractivity contribution in [2.24, 2.45) is 0 Å². The minimum absolute atomic E-state index is 0.0312. The van der Waals surface area contributed by atoms with Gasteiger partial charge in [-0.3, -0.25) is 14.2 Å². The Balaban J connectivity index is 1.89. The van der Waals surface area contributed by atoms with E-state index in [9.17, 15) is 35.9 Å². The van der Waals surface area contributed by atoms with Gasteiger partial charge in [0.25, 0.3) is 11.5 Å². The normalized spacial score (nSPS) is 12.9. The number of nitrogens with zero attached hydrogens (tertiary/aromatic N) is 3. The molecule has 210 valence electrons. The summed E-state index contributed by atoms with van der Waals surface area (Å²) in [7, 11) is 1.26. The zero-order valence-electron chi connectivity index (χ0n) is 21.8. The summed E-state index contributed by atoms with van der Waals surface area (Å²) in [6.45, 7) is 3.64. The number of carbonyl (C=O) groups is 1. The number of halogens is 6. The fraction of sp³-hybridized carbons (Fsp3) is 0.276. The summed E-state index contributed by atoms with van der Waals surface area (Å²) >= 11 is 0. The molecule has 0 aliphatic heterocycles. The van der Waals surface area contributed by atoms with E-state index in [1.54, 1.807) is 43.3 Å². The predicted molar refractivity (Wildman–Crippen MR) is 138 cm³/mol. The number of hydrogen-bond acceptors (Lipinski definition) is 3. The van der Waals surface area contributed by atoms with Crippen LogP contribution in [0.25, 0.3) is 16.6 Å². The van der Waals surface area contributed by atoms with Gasteiger partial charge in [0.15, 0.2) is 0 Å². The second kappa shape index (κ2) is 10.8. The van der Waals surface area contributed by atoms with Gasteiger partial charge in [-0.05, 0) is 60.9 Å². The van der Waals surface area contributed by atoms with Crippen LogP contribution in [0, 0.1) is 0 Å². The van der Waals surface area contributed by atoms with Crippen LogP contribution in [0.2, 0.25) is 0 Å². The molecule has 0 N–H and O–H groups in total. The highest BCUT2D eigenvalue weighted by molar-refractivity contribution is 5.95. The lowest BCUT2D eigenvalue weighted by atomic mass is 10.0. The third-order valence-electron chi connectivity index (χ3n) is 6.71. The molecule has 0 aliphatic rings. The van der Waals surface area contributed by atoms with Crippen LogP contribution >= 0.6 is 0 Å². The van der Waals surface area contributed by atoms with Gasteiger partial charge < -0.3 is 4.90 Å². The number of benzene rings is 3. The first kappa shape index (κ1) is 28.8. The van der Waals surface area contributed by atoms with Crippen molar-refractivity contribution in [1.82, 2.24) is 14.5 Å². The number of fused-ring (bicyclic) bond motifs is 1. The van der Waals surface area contributed by atoms with E-state index < -0.39 is 46.6 Å². The van der Waals surface area contributed by atoms with Crippen LogP contribution in [0.1, 0.15) is 59.2 Å².